The third-order valence-corrected chi connectivity index (χ3v) is 5.86. The highest BCUT2D eigenvalue weighted by Gasteiger charge is 2.21. The molecular formula is C27H22N8O2. The molecule has 0 bridgehead atoms. The van der Waals surface area contributed by atoms with Crippen LogP contribution in [0.25, 0.3) is 27.7 Å². The van der Waals surface area contributed by atoms with Gasteiger partial charge in [0, 0.05) is 17.8 Å². The Hall–Kier alpha value is -5.30. The maximum absolute atomic E-state index is 14.2. The minimum atomic E-state index is -0.523. The van der Waals surface area contributed by atoms with Crippen LogP contribution >= 0.6 is 0 Å². The Morgan fingerprint density at radius 1 is 1.03 bits per heavy atom. The monoisotopic (exact) mass is 490 g/mol. The summed E-state index contributed by atoms with van der Waals surface area (Å²) < 4.78 is 6.74. The van der Waals surface area contributed by atoms with Gasteiger partial charge in [-0.2, -0.15) is 10.2 Å². The number of anilines is 2. The molecule has 0 spiro atoms. The highest BCUT2D eigenvalue weighted by atomic mass is 16.5. The molecule has 0 saturated carbocycles. The number of benzene rings is 2. The van der Waals surface area contributed by atoms with Crippen LogP contribution in [0.4, 0.5) is 11.8 Å². The number of methoxy groups -OCH3 is 1. The molecule has 182 valence electrons. The second-order valence-corrected chi connectivity index (χ2v) is 8.20. The van der Waals surface area contributed by atoms with Gasteiger partial charge in [0.25, 0.3) is 5.56 Å². The highest BCUT2D eigenvalue weighted by Crippen LogP contribution is 2.29. The molecule has 0 saturated heterocycles. The van der Waals surface area contributed by atoms with Gasteiger partial charge in [-0.3, -0.25) is 9.36 Å². The van der Waals surface area contributed by atoms with E-state index in [9.17, 15) is 10.1 Å². The predicted molar refractivity (Wildman–Crippen MR) is 140 cm³/mol. The maximum atomic E-state index is 14.2. The lowest BCUT2D eigenvalue weighted by Gasteiger charge is -2.21. The fourth-order valence-corrected chi connectivity index (χ4v) is 4.12. The van der Waals surface area contributed by atoms with Gasteiger partial charge < -0.3 is 15.8 Å². The Balaban J connectivity index is 1.73. The zero-order valence-corrected chi connectivity index (χ0v) is 20.1. The maximum Gasteiger partial charge on any atom is 0.266 e. The van der Waals surface area contributed by atoms with Crippen molar-refractivity contribution in [1.29, 1.82) is 5.26 Å². The van der Waals surface area contributed by atoms with Crippen molar-refractivity contribution in [3.05, 3.63) is 94.8 Å². The van der Waals surface area contributed by atoms with Gasteiger partial charge in [-0.25, -0.2) is 15.0 Å². The van der Waals surface area contributed by atoms with Crippen LogP contribution in [-0.2, 0) is 0 Å². The standard InChI is InChI=1S/C27H22N8O2/c1-16(32-24-18(13-28)15-31-27(29)34-24)25-33-21-10-6-9-20(17-11-12-22(37-2)30-14-17)23(21)26(36)35(25)19-7-4-3-5-8-19/h3-12,14-16H,1-2H3,(H3,29,31,32,34). The van der Waals surface area contributed by atoms with E-state index in [0.717, 1.165) is 5.56 Å². The van der Waals surface area contributed by atoms with E-state index in [4.69, 9.17) is 15.5 Å². The molecule has 37 heavy (non-hydrogen) atoms. The van der Waals surface area contributed by atoms with Crippen LogP contribution in [0.3, 0.4) is 0 Å². The number of pyridine rings is 1. The summed E-state index contributed by atoms with van der Waals surface area (Å²) in [4.78, 5) is 31.4. The predicted octanol–water partition coefficient (Wildman–Crippen LogP) is 3.87. The third-order valence-electron chi connectivity index (χ3n) is 5.86. The number of nitrogens with zero attached hydrogens (tertiary/aromatic N) is 6. The lowest BCUT2D eigenvalue weighted by Crippen LogP contribution is -2.28. The molecule has 0 aliphatic carbocycles. The molecule has 3 N–H and O–H groups in total. The summed E-state index contributed by atoms with van der Waals surface area (Å²) in [5.74, 6) is 1.20. The number of ether oxygens (including phenoxy) is 1. The van der Waals surface area contributed by atoms with Crippen molar-refractivity contribution in [2.75, 3.05) is 18.2 Å². The number of rotatable bonds is 6. The smallest absolute Gasteiger partial charge is 0.266 e. The van der Waals surface area contributed by atoms with E-state index >= 15 is 0 Å². The molecule has 10 heteroatoms. The number of para-hydroxylation sites is 1. The number of hydrogen-bond donors (Lipinski definition) is 2. The van der Waals surface area contributed by atoms with Gasteiger partial charge in [0.15, 0.2) is 0 Å². The summed E-state index contributed by atoms with van der Waals surface area (Å²) in [6.07, 6.45) is 3.02. The van der Waals surface area contributed by atoms with Gasteiger partial charge in [-0.1, -0.05) is 30.3 Å². The van der Waals surface area contributed by atoms with E-state index in [-0.39, 0.29) is 22.9 Å². The molecule has 0 fully saturated rings. The first-order valence-electron chi connectivity index (χ1n) is 11.4. The van der Waals surface area contributed by atoms with Gasteiger partial charge in [0.2, 0.25) is 11.8 Å². The molecule has 5 aromatic rings. The van der Waals surface area contributed by atoms with Crippen molar-refractivity contribution >= 4 is 22.7 Å². The van der Waals surface area contributed by atoms with E-state index < -0.39 is 6.04 Å². The average molecular weight is 491 g/mol. The van der Waals surface area contributed by atoms with E-state index in [1.165, 1.54) is 6.20 Å². The molecular weight excluding hydrogens is 468 g/mol. The number of nitrogen functional groups attached to an aromatic ring is 1. The Morgan fingerprint density at radius 2 is 1.84 bits per heavy atom. The largest absolute Gasteiger partial charge is 0.481 e. The molecule has 0 amide bonds. The number of fused-ring (bicyclic) bond motifs is 1. The minimum Gasteiger partial charge on any atom is -0.481 e. The zero-order chi connectivity index (χ0) is 25.9. The summed E-state index contributed by atoms with van der Waals surface area (Å²) in [6, 6.07) is 19.9. The lowest BCUT2D eigenvalue weighted by atomic mass is 10.0. The van der Waals surface area contributed by atoms with E-state index in [1.807, 2.05) is 55.5 Å². The van der Waals surface area contributed by atoms with Crippen molar-refractivity contribution in [2.45, 2.75) is 13.0 Å². The van der Waals surface area contributed by atoms with Crippen LogP contribution in [0.2, 0.25) is 0 Å². The van der Waals surface area contributed by atoms with Crippen LogP contribution < -0.4 is 21.3 Å². The quantitative estimate of drug-likeness (QED) is 0.362. The average Bonchev–Trinajstić information content (AvgIpc) is 2.93. The van der Waals surface area contributed by atoms with Gasteiger partial charge in [-0.05, 0) is 36.8 Å². The van der Waals surface area contributed by atoms with Gasteiger partial charge in [0.1, 0.15) is 23.3 Å². The van der Waals surface area contributed by atoms with Crippen LogP contribution in [-0.4, -0.2) is 31.6 Å². The molecule has 3 heterocycles. The molecule has 0 aliphatic rings. The number of nitrogens with one attached hydrogen (secondary N) is 1. The van der Waals surface area contributed by atoms with Crippen molar-refractivity contribution in [3.63, 3.8) is 0 Å². The second kappa shape index (κ2) is 9.75. The Kier molecular flexibility index (Phi) is 6.18. The van der Waals surface area contributed by atoms with Crippen LogP contribution in [0.1, 0.15) is 24.4 Å². The first-order chi connectivity index (χ1) is 18.0. The molecule has 1 unspecified atom stereocenters. The van der Waals surface area contributed by atoms with Gasteiger partial charge >= 0.3 is 0 Å². The van der Waals surface area contributed by atoms with E-state index in [2.05, 4.69) is 26.3 Å². The molecule has 2 aromatic carbocycles. The SMILES string of the molecule is COc1ccc(-c2cccc3nc(C(C)Nc4nc(N)ncc4C#N)n(-c4ccccc4)c(=O)c23)cn1. The summed E-state index contributed by atoms with van der Waals surface area (Å²) in [6.45, 7) is 1.84. The molecule has 1 atom stereocenters. The Labute approximate surface area is 212 Å². The van der Waals surface area contributed by atoms with Crippen molar-refractivity contribution in [3.8, 4) is 28.8 Å². The highest BCUT2D eigenvalue weighted by molar-refractivity contribution is 5.94. The molecule has 3 aromatic heterocycles. The summed E-state index contributed by atoms with van der Waals surface area (Å²) >= 11 is 0. The molecule has 5 rings (SSSR count). The Morgan fingerprint density at radius 3 is 2.54 bits per heavy atom. The fourth-order valence-electron chi connectivity index (χ4n) is 4.12. The van der Waals surface area contributed by atoms with Crippen molar-refractivity contribution < 1.29 is 4.74 Å². The second-order valence-electron chi connectivity index (χ2n) is 8.20. The van der Waals surface area contributed by atoms with E-state index in [0.29, 0.717) is 33.9 Å². The molecule has 10 nitrogen and oxygen atoms in total. The first-order valence-corrected chi connectivity index (χ1v) is 11.4. The van der Waals surface area contributed by atoms with Crippen molar-refractivity contribution in [2.24, 2.45) is 0 Å². The molecule has 0 aliphatic heterocycles. The van der Waals surface area contributed by atoms with Crippen LogP contribution in [0.5, 0.6) is 5.88 Å². The number of nitrogens with two attached hydrogens (primary N) is 1. The number of hydrogen-bond acceptors (Lipinski definition) is 9. The minimum absolute atomic E-state index is 0.0263. The fraction of sp³-hybridized carbons (Fsp3) is 0.111. The van der Waals surface area contributed by atoms with Crippen LogP contribution in [0.15, 0.2) is 77.9 Å². The normalized spacial score (nSPS) is 11.6. The number of nitriles is 1. The topological polar surface area (TPSA) is 145 Å². The zero-order valence-electron chi connectivity index (χ0n) is 20.1. The Bertz CT molecular complexity index is 1690. The van der Waals surface area contributed by atoms with Gasteiger partial charge in [-0.15, -0.1) is 0 Å². The molecule has 0 radical (unpaired) electrons. The van der Waals surface area contributed by atoms with Crippen LogP contribution in [0, 0.1) is 11.3 Å². The van der Waals surface area contributed by atoms with Gasteiger partial charge in [0.05, 0.1) is 35.9 Å². The first kappa shape index (κ1) is 23.4. The lowest BCUT2D eigenvalue weighted by molar-refractivity contribution is 0.398. The van der Waals surface area contributed by atoms with Crippen molar-refractivity contribution in [1.82, 2.24) is 24.5 Å². The summed E-state index contributed by atoms with van der Waals surface area (Å²) in [5, 5.41) is 13.1. The van der Waals surface area contributed by atoms with E-state index in [1.54, 1.807) is 30.0 Å². The summed E-state index contributed by atoms with van der Waals surface area (Å²) in [5.41, 5.74) is 8.38. The third kappa shape index (κ3) is 4.41. The number of aromatic nitrogens is 5. The summed E-state index contributed by atoms with van der Waals surface area (Å²) in [7, 11) is 1.55.